The molecule has 1 unspecified atom stereocenters. The van der Waals surface area contributed by atoms with Crippen LogP contribution in [0.15, 0.2) is 11.4 Å². The molecule has 18 heavy (non-hydrogen) atoms. The van der Waals surface area contributed by atoms with E-state index in [2.05, 4.69) is 29.4 Å². The summed E-state index contributed by atoms with van der Waals surface area (Å²) < 4.78 is 0. The van der Waals surface area contributed by atoms with E-state index < -0.39 is 0 Å². The summed E-state index contributed by atoms with van der Waals surface area (Å²) in [5.74, 6) is 3.55. The second kappa shape index (κ2) is 7.78. The van der Waals surface area contributed by atoms with Gasteiger partial charge in [0, 0.05) is 10.9 Å². The second-order valence-electron chi connectivity index (χ2n) is 4.93. The lowest BCUT2D eigenvalue weighted by atomic mass is 9.93. The van der Waals surface area contributed by atoms with Gasteiger partial charge in [0.1, 0.15) is 0 Å². The monoisotopic (exact) mass is 303 g/mol. The smallest absolute Gasteiger partial charge is 0.0561 e. The molecule has 0 bridgehead atoms. The van der Waals surface area contributed by atoms with Gasteiger partial charge in [-0.1, -0.05) is 18.5 Å². The fourth-order valence-electron chi connectivity index (χ4n) is 2.47. The van der Waals surface area contributed by atoms with Gasteiger partial charge in [-0.2, -0.15) is 11.8 Å². The molecular weight excluding hydrogens is 282 g/mol. The highest BCUT2D eigenvalue weighted by Gasteiger charge is 2.22. The Morgan fingerprint density at radius 3 is 2.83 bits per heavy atom. The van der Waals surface area contributed by atoms with Gasteiger partial charge in [0.05, 0.1) is 5.02 Å². The number of thiophene rings is 1. The molecule has 0 amide bonds. The van der Waals surface area contributed by atoms with Gasteiger partial charge in [-0.3, -0.25) is 0 Å². The first kappa shape index (κ1) is 14.7. The second-order valence-corrected chi connectivity index (χ2v) is 7.51. The molecule has 2 heterocycles. The Bertz CT molecular complexity index is 347. The Labute approximate surface area is 124 Å². The van der Waals surface area contributed by atoms with Crippen molar-refractivity contribution in [1.82, 2.24) is 5.32 Å². The van der Waals surface area contributed by atoms with Crippen LogP contribution in [0, 0.1) is 5.92 Å². The number of rotatable bonds is 6. The maximum Gasteiger partial charge on any atom is 0.0561 e. The third kappa shape index (κ3) is 4.16. The lowest BCUT2D eigenvalue weighted by molar-refractivity contribution is 0.373. The van der Waals surface area contributed by atoms with Gasteiger partial charge in [0.2, 0.25) is 0 Å². The van der Waals surface area contributed by atoms with E-state index in [1.165, 1.54) is 42.1 Å². The SMILES string of the molecule is CCCNC(CC1CCSCC1)c1sccc1Cl. The van der Waals surface area contributed by atoms with E-state index in [1.807, 2.05) is 6.07 Å². The summed E-state index contributed by atoms with van der Waals surface area (Å²) in [6.45, 7) is 3.30. The van der Waals surface area contributed by atoms with Gasteiger partial charge < -0.3 is 5.32 Å². The number of hydrogen-bond donors (Lipinski definition) is 1. The lowest BCUT2D eigenvalue weighted by Gasteiger charge is -2.26. The first-order valence-electron chi connectivity index (χ1n) is 6.85. The molecule has 0 radical (unpaired) electrons. The van der Waals surface area contributed by atoms with E-state index in [9.17, 15) is 0 Å². The quantitative estimate of drug-likeness (QED) is 0.796. The highest BCUT2D eigenvalue weighted by molar-refractivity contribution is 7.99. The highest BCUT2D eigenvalue weighted by Crippen LogP contribution is 2.36. The van der Waals surface area contributed by atoms with E-state index in [0.717, 1.165) is 17.5 Å². The van der Waals surface area contributed by atoms with Crippen molar-refractivity contribution in [3.05, 3.63) is 21.3 Å². The number of thioether (sulfide) groups is 1. The first-order chi connectivity index (χ1) is 8.81. The molecule has 102 valence electrons. The molecule has 1 atom stereocenters. The molecule has 1 N–H and O–H groups in total. The maximum absolute atomic E-state index is 6.30. The molecule has 1 aromatic rings. The molecular formula is C14H22ClNS2. The minimum atomic E-state index is 0.463. The first-order valence-corrected chi connectivity index (χ1v) is 9.26. The molecule has 1 aromatic heterocycles. The van der Waals surface area contributed by atoms with E-state index in [1.54, 1.807) is 11.3 Å². The molecule has 0 spiro atoms. The summed E-state index contributed by atoms with van der Waals surface area (Å²) in [6, 6.07) is 2.49. The topological polar surface area (TPSA) is 12.0 Å². The third-order valence-electron chi connectivity index (χ3n) is 3.51. The molecule has 1 aliphatic rings. The van der Waals surface area contributed by atoms with Crippen molar-refractivity contribution in [2.75, 3.05) is 18.1 Å². The molecule has 0 aromatic carbocycles. The van der Waals surface area contributed by atoms with Crippen LogP contribution in [-0.2, 0) is 0 Å². The van der Waals surface area contributed by atoms with Crippen LogP contribution in [0.4, 0.5) is 0 Å². The normalized spacial score (nSPS) is 19.0. The predicted molar refractivity (Wildman–Crippen MR) is 85.0 cm³/mol. The number of halogens is 1. The van der Waals surface area contributed by atoms with E-state index in [4.69, 9.17) is 11.6 Å². The Morgan fingerprint density at radius 1 is 1.44 bits per heavy atom. The van der Waals surface area contributed by atoms with Crippen molar-refractivity contribution in [1.29, 1.82) is 0 Å². The van der Waals surface area contributed by atoms with Crippen molar-refractivity contribution in [2.45, 2.75) is 38.6 Å². The largest absolute Gasteiger partial charge is 0.309 e. The minimum Gasteiger partial charge on any atom is -0.309 e. The van der Waals surface area contributed by atoms with Crippen LogP contribution in [-0.4, -0.2) is 18.1 Å². The lowest BCUT2D eigenvalue weighted by Crippen LogP contribution is -2.25. The van der Waals surface area contributed by atoms with Crippen LogP contribution >= 0.6 is 34.7 Å². The Morgan fingerprint density at radius 2 is 2.22 bits per heavy atom. The maximum atomic E-state index is 6.30. The fraction of sp³-hybridized carbons (Fsp3) is 0.714. The molecule has 0 saturated carbocycles. The zero-order valence-corrected chi connectivity index (χ0v) is 13.3. The van der Waals surface area contributed by atoms with Crippen LogP contribution in [0.25, 0.3) is 0 Å². The van der Waals surface area contributed by atoms with Crippen molar-refractivity contribution < 1.29 is 0 Å². The molecule has 1 aliphatic heterocycles. The molecule has 1 saturated heterocycles. The van der Waals surface area contributed by atoms with E-state index in [-0.39, 0.29) is 0 Å². The summed E-state index contributed by atoms with van der Waals surface area (Å²) in [5, 5.41) is 6.73. The van der Waals surface area contributed by atoms with Crippen LogP contribution < -0.4 is 5.32 Å². The predicted octanol–water partition coefficient (Wildman–Crippen LogP) is 4.98. The number of nitrogens with one attached hydrogen (secondary N) is 1. The van der Waals surface area contributed by atoms with Crippen molar-refractivity contribution >= 4 is 34.7 Å². The summed E-state index contributed by atoms with van der Waals surface area (Å²) in [5.41, 5.74) is 0. The molecule has 4 heteroatoms. The van der Waals surface area contributed by atoms with Crippen molar-refractivity contribution in [3.63, 3.8) is 0 Å². The van der Waals surface area contributed by atoms with Gasteiger partial charge in [0.15, 0.2) is 0 Å². The van der Waals surface area contributed by atoms with Gasteiger partial charge in [-0.15, -0.1) is 11.3 Å². The Hall–Kier alpha value is 0.300. The average Bonchev–Trinajstić information content (AvgIpc) is 2.82. The van der Waals surface area contributed by atoms with Gasteiger partial charge >= 0.3 is 0 Å². The summed E-state index contributed by atoms with van der Waals surface area (Å²) in [7, 11) is 0. The minimum absolute atomic E-state index is 0.463. The standard InChI is InChI=1S/C14H22ClNS2/c1-2-6-16-13(14-12(15)5-9-18-14)10-11-3-7-17-8-4-11/h5,9,11,13,16H,2-4,6-8,10H2,1H3. The molecule has 0 aliphatic carbocycles. The van der Waals surface area contributed by atoms with E-state index in [0.29, 0.717) is 6.04 Å². The Kier molecular flexibility index (Phi) is 6.36. The molecule has 2 rings (SSSR count). The van der Waals surface area contributed by atoms with Gasteiger partial charge in [-0.25, -0.2) is 0 Å². The zero-order valence-electron chi connectivity index (χ0n) is 11.0. The van der Waals surface area contributed by atoms with E-state index >= 15 is 0 Å². The van der Waals surface area contributed by atoms with Crippen LogP contribution in [0.2, 0.25) is 5.02 Å². The number of hydrogen-bond acceptors (Lipinski definition) is 3. The summed E-state index contributed by atoms with van der Waals surface area (Å²) in [4.78, 5) is 1.34. The van der Waals surface area contributed by atoms with Gasteiger partial charge in [0.25, 0.3) is 0 Å². The van der Waals surface area contributed by atoms with Gasteiger partial charge in [-0.05, 0) is 61.1 Å². The zero-order chi connectivity index (χ0) is 12.8. The third-order valence-corrected chi connectivity index (χ3v) is 6.03. The fourth-order valence-corrected chi connectivity index (χ4v) is 4.95. The summed E-state index contributed by atoms with van der Waals surface area (Å²) in [6.07, 6.45) is 5.18. The Balaban J connectivity index is 1.98. The van der Waals surface area contributed by atoms with Crippen LogP contribution in [0.3, 0.4) is 0 Å². The van der Waals surface area contributed by atoms with Crippen LogP contribution in [0.1, 0.15) is 43.5 Å². The van der Waals surface area contributed by atoms with Crippen molar-refractivity contribution in [3.8, 4) is 0 Å². The van der Waals surface area contributed by atoms with Crippen molar-refractivity contribution in [2.24, 2.45) is 5.92 Å². The van der Waals surface area contributed by atoms with Crippen LogP contribution in [0.5, 0.6) is 0 Å². The summed E-state index contributed by atoms with van der Waals surface area (Å²) >= 11 is 10.2. The highest BCUT2D eigenvalue weighted by atomic mass is 35.5. The average molecular weight is 304 g/mol. The molecule has 1 nitrogen and oxygen atoms in total. The molecule has 1 fully saturated rings.